The van der Waals surface area contributed by atoms with E-state index in [2.05, 4.69) is 10.1 Å². The first-order chi connectivity index (χ1) is 12.9. The third kappa shape index (κ3) is 6.66. The molecule has 10 nitrogen and oxygen atoms in total. The Hall–Kier alpha value is -2.36. The van der Waals surface area contributed by atoms with Gasteiger partial charge < -0.3 is 24.6 Å². The Balaban J connectivity index is 2.88. The van der Waals surface area contributed by atoms with Crippen molar-refractivity contribution in [3.05, 3.63) is 0 Å². The highest BCUT2D eigenvalue weighted by Gasteiger charge is 2.41. The van der Waals surface area contributed by atoms with Gasteiger partial charge in [-0.3, -0.25) is 14.5 Å². The number of likely N-dealkylation sites (tertiary alicyclic amines) is 1. The third-order valence-electron chi connectivity index (χ3n) is 4.13. The van der Waals surface area contributed by atoms with Crippen molar-refractivity contribution in [2.24, 2.45) is 5.92 Å². The van der Waals surface area contributed by atoms with Crippen molar-refractivity contribution in [3.63, 3.8) is 0 Å². The third-order valence-corrected chi connectivity index (χ3v) is 4.13. The standard InChI is InChI=1S/C18H30N2O8/c1-10(27-11(2)21)13(16(24)26-6)19-14(22)12-8-7-9-20(15(12)23)17(25)28-18(3,4)5/h10,12-13,15,23H,7-9H2,1-6H3,(H,19,22)/t10-,12?,13+,15?/m1/s1. The molecule has 1 saturated heterocycles. The molecule has 28 heavy (non-hydrogen) atoms. The molecule has 0 bridgehead atoms. The number of carbonyl (C=O) groups excluding carboxylic acids is 4. The second kappa shape index (κ2) is 9.72. The maximum absolute atomic E-state index is 12.7. The number of aliphatic hydroxyl groups is 1. The molecule has 1 fully saturated rings. The highest BCUT2D eigenvalue weighted by molar-refractivity contribution is 5.87. The average molecular weight is 402 g/mol. The van der Waals surface area contributed by atoms with Crippen molar-refractivity contribution >= 4 is 23.9 Å². The number of carbonyl (C=O) groups is 4. The lowest BCUT2D eigenvalue weighted by atomic mass is 9.94. The van der Waals surface area contributed by atoms with Crippen molar-refractivity contribution in [3.8, 4) is 0 Å². The number of nitrogens with zero attached hydrogens (tertiary/aromatic N) is 1. The van der Waals surface area contributed by atoms with Crippen LogP contribution in [0.5, 0.6) is 0 Å². The molecule has 1 aliphatic rings. The Morgan fingerprint density at radius 2 is 1.82 bits per heavy atom. The fourth-order valence-electron chi connectivity index (χ4n) is 2.85. The molecule has 4 atom stereocenters. The van der Waals surface area contributed by atoms with Gasteiger partial charge in [-0.05, 0) is 40.5 Å². The van der Waals surface area contributed by atoms with Gasteiger partial charge in [-0.15, -0.1) is 0 Å². The Labute approximate surface area is 164 Å². The predicted molar refractivity (Wildman–Crippen MR) is 96.8 cm³/mol. The summed E-state index contributed by atoms with van der Waals surface area (Å²) in [5.74, 6) is -3.05. The van der Waals surface area contributed by atoms with E-state index in [1.54, 1.807) is 20.8 Å². The number of piperidine rings is 1. The van der Waals surface area contributed by atoms with Crippen molar-refractivity contribution in [2.75, 3.05) is 13.7 Å². The minimum atomic E-state index is -1.41. The second-order valence-corrected chi connectivity index (χ2v) is 7.66. The highest BCUT2D eigenvalue weighted by atomic mass is 16.6. The van der Waals surface area contributed by atoms with E-state index in [9.17, 15) is 24.3 Å². The van der Waals surface area contributed by atoms with Crippen LogP contribution in [-0.4, -0.2) is 71.6 Å². The summed E-state index contributed by atoms with van der Waals surface area (Å²) in [4.78, 5) is 49.2. The largest absolute Gasteiger partial charge is 0.467 e. The number of methoxy groups -OCH3 is 1. The molecule has 10 heteroatoms. The first-order valence-corrected chi connectivity index (χ1v) is 9.10. The smallest absolute Gasteiger partial charge is 0.412 e. The van der Waals surface area contributed by atoms with Gasteiger partial charge in [0.1, 0.15) is 17.9 Å². The zero-order valence-corrected chi connectivity index (χ0v) is 17.2. The molecule has 1 heterocycles. The zero-order valence-electron chi connectivity index (χ0n) is 17.2. The van der Waals surface area contributed by atoms with Gasteiger partial charge in [0.15, 0.2) is 6.04 Å². The average Bonchev–Trinajstić information content (AvgIpc) is 2.56. The molecule has 160 valence electrons. The molecular weight excluding hydrogens is 372 g/mol. The van der Waals surface area contributed by atoms with Crippen LogP contribution >= 0.6 is 0 Å². The first-order valence-electron chi connectivity index (χ1n) is 9.10. The summed E-state index contributed by atoms with van der Waals surface area (Å²) < 4.78 is 14.9. The zero-order chi connectivity index (χ0) is 21.6. The number of amides is 2. The Kier molecular flexibility index (Phi) is 8.22. The molecule has 2 N–H and O–H groups in total. The summed E-state index contributed by atoms with van der Waals surface area (Å²) in [5.41, 5.74) is -0.749. The molecule has 1 aliphatic heterocycles. The normalized spacial score (nSPS) is 21.9. The Morgan fingerprint density at radius 3 is 2.32 bits per heavy atom. The minimum Gasteiger partial charge on any atom is -0.467 e. The van der Waals surface area contributed by atoms with Crippen LogP contribution in [0.3, 0.4) is 0 Å². The lowest BCUT2D eigenvalue weighted by Crippen LogP contribution is -2.57. The van der Waals surface area contributed by atoms with Crippen LogP contribution in [0.15, 0.2) is 0 Å². The molecule has 0 aliphatic carbocycles. The van der Waals surface area contributed by atoms with Crippen molar-refractivity contribution in [2.45, 2.75) is 71.4 Å². The number of hydrogen-bond donors (Lipinski definition) is 2. The molecule has 2 unspecified atom stereocenters. The van der Waals surface area contributed by atoms with Gasteiger partial charge in [0.2, 0.25) is 5.91 Å². The number of esters is 2. The van der Waals surface area contributed by atoms with Crippen LogP contribution in [0.25, 0.3) is 0 Å². The van der Waals surface area contributed by atoms with Crippen molar-refractivity contribution < 1.29 is 38.5 Å². The van der Waals surface area contributed by atoms with Crippen LogP contribution in [-0.2, 0) is 28.6 Å². The molecule has 0 spiro atoms. The van der Waals surface area contributed by atoms with E-state index in [1.807, 2.05) is 0 Å². The van der Waals surface area contributed by atoms with Gasteiger partial charge in [0.25, 0.3) is 0 Å². The quantitative estimate of drug-likeness (QED) is 0.504. The van der Waals surface area contributed by atoms with Gasteiger partial charge in [-0.1, -0.05) is 0 Å². The molecule has 0 aromatic carbocycles. The van der Waals surface area contributed by atoms with Gasteiger partial charge in [0.05, 0.1) is 13.0 Å². The summed E-state index contributed by atoms with van der Waals surface area (Å²) in [6.07, 6.45) is -2.34. The van der Waals surface area contributed by atoms with E-state index in [0.717, 1.165) is 12.0 Å². The molecule has 0 saturated carbocycles. The molecular formula is C18H30N2O8. The second-order valence-electron chi connectivity index (χ2n) is 7.66. The number of aliphatic hydroxyl groups excluding tert-OH is 1. The lowest BCUT2D eigenvalue weighted by molar-refractivity contribution is -0.158. The maximum Gasteiger partial charge on any atom is 0.412 e. The van der Waals surface area contributed by atoms with Crippen LogP contribution in [0.1, 0.15) is 47.5 Å². The minimum absolute atomic E-state index is 0.240. The first kappa shape index (κ1) is 23.7. The molecule has 0 aromatic heterocycles. The van der Waals surface area contributed by atoms with Crippen molar-refractivity contribution in [1.82, 2.24) is 10.2 Å². The fraction of sp³-hybridized carbons (Fsp3) is 0.778. The fourth-order valence-corrected chi connectivity index (χ4v) is 2.85. The van der Waals surface area contributed by atoms with Gasteiger partial charge in [-0.2, -0.15) is 0 Å². The van der Waals surface area contributed by atoms with E-state index in [4.69, 9.17) is 9.47 Å². The van der Waals surface area contributed by atoms with Crippen LogP contribution in [0.4, 0.5) is 4.79 Å². The number of nitrogens with one attached hydrogen (secondary N) is 1. The number of rotatable bonds is 5. The lowest BCUT2D eigenvalue weighted by Gasteiger charge is -2.38. The SMILES string of the molecule is COC(=O)[C@@H](NC(=O)C1CCCN(C(=O)OC(C)(C)C)C1O)[C@@H](C)OC(C)=O. The topological polar surface area (TPSA) is 131 Å². The maximum atomic E-state index is 12.7. The van der Waals surface area contributed by atoms with Gasteiger partial charge in [-0.25, -0.2) is 9.59 Å². The van der Waals surface area contributed by atoms with Gasteiger partial charge >= 0.3 is 18.0 Å². The van der Waals surface area contributed by atoms with Gasteiger partial charge in [0, 0.05) is 13.5 Å². The van der Waals surface area contributed by atoms with E-state index < -0.39 is 53.8 Å². The predicted octanol–water partition coefficient (Wildman–Crippen LogP) is 0.561. The van der Waals surface area contributed by atoms with Crippen LogP contribution < -0.4 is 5.32 Å². The summed E-state index contributed by atoms with van der Waals surface area (Å²) >= 11 is 0. The van der Waals surface area contributed by atoms with E-state index in [1.165, 1.54) is 13.8 Å². The summed E-state index contributed by atoms with van der Waals surface area (Å²) in [6.45, 7) is 7.95. The number of ether oxygens (including phenoxy) is 3. The monoisotopic (exact) mass is 402 g/mol. The van der Waals surface area contributed by atoms with Crippen LogP contribution in [0, 0.1) is 5.92 Å². The van der Waals surface area contributed by atoms with Crippen molar-refractivity contribution in [1.29, 1.82) is 0 Å². The Bertz CT molecular complexity index is 601. The summed E-state index contributed by atoms with van der Waals surface area (Å²) in [6, 6.07) is -1.24. The van der Waals surface area contributed by atoms with E-state index >= 15 is 0 Å². The summed E-state index contributed by atoms with van der Waals surface area (Å²) in [7, 11) is 1.14. The molecule has 2 amide bonds. The summed E-state index contributed by atoms with van der Waals surface area (Å²) in [5, 5.41) is 13.0. The molecule has 0 aromatic rings. The van der Waals surface area contributed by atoms with E-state index in [-0.39, 0.29) is 6.54 Å². The Morgan fingerprint density at radius 1 is 1.21 bits per heavy atom. The molecule has 0 radical (unpaired) electrons. The highest BCUT2D eigenvalue weighted by Crippen LogP contribution is 2.24. The van der Waals surface area contributed by atoms with E-state index in [0.29, 0.717) is 12.8 Å². The molecule has 1 rings (SSSR count). The van der Waals surface area contributed by atoms with Crippen LogP contribution in [0.2, 0.25) is 0 Å². The number of hydrogen-bond acceptors (Lipinski definition) is 8.